The van der Waals surface area contributed by atoms with Crippen LogP contribution < -0.4 is 5.73 Å². The summed E-state index contributed by atoms with van der Waals surface area (Å²) in [4.78, 5) is 4.26. The molecule has 0 radical (unpaired) electrons. The van der Waals surface area contributed by atoms with Crippen molar-refractivity contribution in [2.24, 2.45) is 5.73 Å². The molecule has 5 heteroatoms. The number of nitrogens with zero attached hydrogens (tertiary/aromatic N) is 2. The fourth-order valence-electron chi connectivity index (χ4n) is 0.855. The van der Waals surface area contributed by atoms with Crippen molar-refractivity contribution in [3.63, 3.8) is 0 Å². The van der Waals surface area contributed by atoms with Crippen LogP contribution in [0.4, 0.5) is 0 Å². The molecule has 4 nitrogen and oxygen atoms in total. The summed E-state index contributed by atoms with van der Waals surface area (Å²) in [5.41, 5.74) is 5.29. The quantitative estimate of drug-likeness (QED) is 0.861. The first-order valence-electron chi connectivity index (χ1n) is 4.94. The predicted molar refractivity (Wildman–Crippen MR) is 62.6 cm³/mol. The summed E-state index contributed by atoms with van der Waals surface area (Å²) in [6.07, 6.45) is 0. The van der Waals surface area contributed by atoms with Crippen LogP contribution in [-0.2, 0) is 11.3 Å². The molecule has 0 aromatic carbocycles. The molecule has 0 aliphatic rings. The largest absolute Gasteiger partial charge is 0.337 e. The molecule has 0 fully saturated rings. The molecule has 1 rings (SSSR count). The maximum atomic E-state index is 5.85. The van der Waals surface area contributed by atoms with Crippen molar-refractivity contribution in [2.75, 3.05) is 0 Å². The van der Waals surface area contributed by atoms with Gasteiger partial charge in [0.1, 0.15) is 0 Å². The van der Waals surface area contributed by atoms with Gasteiger partial charge in [-0.25, -0.2) is 0 Å². The second-order valence-electron chi connectivity index (χ2n) is 5.14. The van der Waals surface area contributed by atoms with Crippen molar-refractivity contribution in [1.82, 2.24) is 10.1 Å². The Bertz CT molecular complexity index is 322. The number of aromatic nitrogens is 2. The summed E-state index contributed by atoms with van der Waals surface area (Å²) in [7, 11) is 0. The van der Waals surface area contributed by atoms with Gasteiger partial charge >= 0.3 is 0 Å². The molecule has 15 heavy (non-hydrogen) atoms. The van der Waals surface area contributed by atoms with E-state index in [-0.39, 0.29) is 4.75 Å². The third kappa shape index (κ3) is 4.22. The van der Waals surface area contributed by atoms with E-state index in [1.165, 1.54) is 0 Å². The minimum Gasteiger partial charge on any atom is -0.337 e. The molecule has 86 valence electrons. The molecule has 2 N–H and O–H groups in total. The van der Waals surface area contributed by atoms with Crippen LogP contribution in [0.3, 0.4) is 0 Å². The molecule has 1 aromatic rings. The standard InChI is InChI=1S/C10H19N3OS/c1-9(2,3)15-6-7-12-8(14-13-7)10(4,5)11/h6,11H2,1-5H3. The lowest BCUT2D eigenvalue weighted by molar-refractivity contribution is 0.310. The molecule has 0 spiro atoms. The second-order valence-corrected chi connectivity index (χ2v) is 6.94. The third-order valence-electron chi connectivity index (χ3n) is 1.65. The van der Waals surface area contributed by atoms with Crippen LogP contribution in [0.1, 0.15) is 46.3 Å². The van der Waals surface area contributed by atoms with Gasteiger partial charge in [0.15, 0.2) is 5.82 Å². The van der Waals surface area contributed by atoms with E-state index in [4.69, 9.17) is 10.3 Å². The van der Waals surface area contributed by atoms with Crippen LogP contribution in [0.5, 0.6) is 0 Å². The van der Waals surface area contributed by atoms with Crippen LogP contribution in [0.15, 0.2) is 4.52 Å². The topological polar surface area (TPSA) is 64.9 Å². The third-order valence-corrected chi connectivity index (χ3v) is 2.92. The zero-order valence-corrected chi connectivity index (χ0v) is 10.8. The number of hydrogen-bond acceptors (Lipinski definition) is 5. The van der Waals surface area contributed by atoms with Gasteiger partial charge in [0.25, 0.3) is 0 Å². The van der Waals surface area contributed by atoms with Gasteiger partial charge in [-0.15, -0.1) is 11.8 Å². The lowest BCUT2D eigenvalue weighted by atomic mass is 10.1. The molecule has 0 saturated carbocycles. The van der Waals surface area contributed by atoms with Gasteiger partial charge in [0.05, 0.1) is 11.3 Å². The van der Waals surface area contributed by atoms with Crippen molar-refractivity contribution in [3.8, 4) is 0 Å². The molecule has 0 aliphatic heterocycles. The molecule has 0 aliphatic carbocycles. The van der Waals surface area contributed by atoms with Gasteiger partial charge < -0.3 is 10.3 Å². The molecule has 0 bridgehead atoms. The zero-order valence-electron chi connectivity index (χ0n) is 10.00. The average molecular weight is 229 g/mol. The van der Waals surface area contributed by atoms with Crippen LogP contribution in [0.25, 0.3) is 0 Å². The fraction of sp³-hybridized carbons (Fsp3) is 0.800. The van der Waals surface area contributed by atoms with Crippen molar-refractivity contribution >= 4 is 11.8 Å². The number of thioether (sulfide) groups is 1. The van der Waals surface area contributed by atoms with E-state index in [1.807, 2.05) is 13.8 Å². The maximum absolute atomic E-state index is 5.85. The van der Waals surface area contributed by atoms with Gasteiger partial charge in [-0.3, -0.25) is 0 Å². The second kappa shape index (κ2) is 4.14. The van der Waals surface area contributed by atoms with Crippen molar-refractivity contribution < 1.29 is 4.52 Å². The highest BCUT2D eigenvalue weighted by atomic mass is 32.2. The molecule has 0 amide bonds. The first-order chi connectivity index (χ1) is 6.68. The molecule has 0 unspecified atom stereocenters. The fourth-order valence-corrected chi connectivity index (χ4v) is 1.53. The summed E-state index contributed by atoms with van der Waals surface area (Å²) >= 11 is 1.78. The summed E-state index contributed by atoms with van der Waals surface area (Å²) < 4.78 is 5.30. The van der Waals surface area contributed by atoms with Crippen LogP contribution in [0, 0.1) is 0 Å². The van der Waals surface area contributed by atoms with E-state index < -0.39 is 5.54 Å². The zero-order chi connectivity index (χ0) is 11.7. The Morgan fingerprint density at radius 2 is 1.87 bits per heavy atom. The molecule has 1 aromatic heterocycles. The molecular weight excluding hydrogens is 210 g/mol. The summed E-state index contributed by atoms with van der Waals surface area (Å²) in [6, 6.07) is 0. The van der Waals surface area contributed by atoms with E-state index in [0.29, 0.717) is 11.7 Å². The highest BCUT2D eigenvalue weighted by Crippen LogP contribution is 2.26. The molecule has 0 saturated heterocycles. The van der Waals surface area contributed by atoms with Crippen LogP contribution in [-0.4, -0.2) is 14.9 Å². The van der Waals surface area contributed by atoms with Crippen LogP contribution >= 0.6 is 11.8 Å². The highest BCUT2D eigenvalue weighted by molar-refractivity contribution is 7.99. The van der Waals surface area contributed by atoms with Gasteiger partial charge in [-0.1, -0.05) is 25.9 Å². The Labute approximate surface area is 95.0 Å². The minimum absolute atomic E-state index is 0.207. The number of nitrogens with two attached hydrogens (primary N) is 1. The van der Waals surface area contributed by atoms with Crippen LogP contribution in [0.2, 0.25) is 0 Å². The molecule has 1 heterocycles. The van der Waals surface area contributed by atoms with E-state index in [2.05, 4.69) is 30.9 Å². The van der Waals surface area contributed by atoms with Gasteiger partial charge in [0.2, 0.25) is 5.89 Å². The smallest absolute Gasteiger partial charge is 0.246 e. The van der Waals surface area contributed by atoms with E-state index >= 15 is 0 Å². The Morgan fingerprint density at radius 1 is 1.27 bits per heavy atom. The highest BCUT2D eigenvalue weighted by Gasteiger charge is 2.22. The Hall–Kier alpha value is -0.550. The summed E-state index contributed by atoms with van der Waals surface area (Å²) in [6.45, 7) is 10.2. The summed E-state index contributed by atoms with van der Waals surface area (Å²) in [5, 5.41) is 3.90. The summed E-state index contributed by atoms with van der Waals surface area (Å²) in [5.74, 6) is 1.96. The monoisotopic (exact) mass is 229 g/mol. The van der Waals surface area contributed by atoms with E-state index in [0.717, 1.165) is 5.75 Å². The average Bonchev–Trinajstić information content (AvgIpc) is 2.45. The Kier molecular flexibility index (Phi) is 3.45. The number of hydrogen-bond donors (Lipinski definition) is 1. The van der Waals surface area contributed by atoms with Gasteiger partial charge in [0, 0.05) is 4.75 Å². The molecule has 0 atom stereocenters. The first-order valence-corrected chi connectivity index (χ1v) is 5.93. The van der Waals surface area contributed by atoms with Crippen molar-refractivity contribution in [2.45, 2.75) is 50.7 Å². The minimum atomic E-state index is -0.558. The normalized spacial score (nSPS) is 13.2. The maximum Gasteiger partial charge on any atom is 0.246 e. The lowest BCUT2D eigenvalue weighted by Crippen LogP contribution is -2.29. The van der Waals surface area contributed by atoms with Gasteiger partial charge in [-0.05, 0) is 13.8 Å². The Balaban J connectivity index is 2.62. The lowest BCUT2D eigenvalue weighted by Gasteiger charge is -2.15. The van der Waals surface area contributed by atoms with Gasteiger partial charge in [-0.2, -0.15) is 4.98 Å². The number of rotatable bonds is 3. The molecular formula is C10H19N3OS. The SMILES string of the molecule is CC(C)(C)SCc1noc(C(C)(C)N)n1. The van der Waals surface area contributed by atoms with Crippen molar-refractivity contribution in [1.29, 1.82) is 0 Å². The van der Waals surface area contributed by atoms with E-state index in [9.17, 15) is 0 Å². The predicted octanol–water partition coefficient (Wildman–Crippen LogP) is 2.30. The van der Waals surface area contributed by atoms with E-state index in [1.54, 1.807) is 11.8 Å². The van der Waals surface area contributed by atoms with Crippen molar-refractivity contribution in [3.05, 3.63) is 11.7 Å². The first kappa shape index (κ1) is 12.5. The Morgan fingerprint density at radius 3 is 2.27 bits per heavy atom.